The summed E-state index contributed by atoms with van der Waals surface area (Å²) in [6.45, 7) is 21.1. The lowest BCUT2D eigenvalue weighted by atomic mass is 10.0. The first kappa shape index (κ1) is 51.1. The van der Waals surface area contributed by atoms with Crippen molar-refractivity contribution in [2.45, 2.75) is 38.0 Å². The van der Waals surface area contributed by atoms with Crippen molar-refractivity contribution in [1.82, 2.24) is 69.8 Å². The first-order valence-corrected chi connectivity index (χ1v) is 26.3. The molecule has 0 aliphatic carbocycles. The van der Waals surface area contributed by atoms with Crippen molar-refractivity contribution in [2.75, 3.05) is 131 Å². The Kier molecular flexibility index (Phi) is 19.8. The van der Waals surface area contributed by atoms with Gasteiger partial charge in [-0.3, -0.25) is 29.4 Å². The highest BCUT2D eigenvalue weighted by Crippen LogP contribution is 2.30. The Morgan fingerprint density at radius 3 is 1.14 bits per heavy atom. The number of aryl methyl sites for hydroxylation is 2. The normalized spacial score (nSPS) is 19.1. The van der Waals surface area contributed by atoms with E-state index in [9.17, 15) is 0 Å². The van der Waals surface area contributed by atoms with E-state index in [1.165, 1.54) is 22.3 Å². The van der Waals surface area contributed by atoms with Crippen LogP contribution in [0.4, 0.5) is 0 Å². The van der Waals surface area contributed by atoms with Crippen molar-refractivity contribution in [3.05, 3.63) is 167 Å². The minimum absolute atomic E-state index is 0.0617. The SMILES string of the molecule is C(=C\c1ccccc1)/CN1CCN([C@@H](c2ccccc2)c2nnnn2CCCN2CCOCC2)CC1.C(=C\c1ccccc1)/CN1CCN([C@H](c2ccccc2)c2nnnn2CCCN2CCOCC2)CC1. The molecule has 4 aromatic carbocycles. The average molecular weight is 975 g/mol. The Hall–Kier alpha value is -5.82. The molecule has 0 radical (unpaired) electrons. The number of hydrogen-bond donors (Lipinski definition) is 0. The molecule has 380 valence electrons. The number of tetrazole rings is 2. The van der Waals surface area contributed by atoms with Gasteiger partial charge in [0.2, 0.25) is 0 Å². The van der Waals surface area contributed by atoms with Gasteiger partial charge in [0.25, 0.3) is 0 Å². The lowest BCUT2D eigenvalue weighted by Crippen LogP contribution is -2.48. The number of rotatable bonds is 20. The summed E-state index contributed by atoms with van der Waals surface area (Å²) in [5.41, 5.74) is 5.00. The van der Waals surface area contributed by atoms with E-state index >= 15 is 0 Å². The van der Waals surface area contributed by atoms with E-state index in [0.717, 1.165) is 169 Å². The molecule has 72 heavy (non-hydrogen) atoms. The Labute approximate surface area is 426 Å². The van der Waals surface area contributed by atoms with Gasteiger partial charge in [-0.1, -0.05) is 146 Å². The molecular formula is C56H74N14O2. The molecule has 0 bridgehead atoms. The maximum Gasteiger partial charge on any atom is 0.173 e. The molecule has 16 nitrogen and oxygen atoms in total. The fourth-order valence-electron chi connectivity index (χ4n) is 10.2. The zero-order valence-electron chi connectivity index (χ0n) is 42.1. The molecule has 2 aromatic heterocycles. The number of piperazine rings is 2. The van der Waals surface area contributed by atoms with Crippen LogP contribution in [0.5, 0.6) is 0 Å². The molecule has 4 aliphatic rings. The van der Waals surface area contributed by atoms with Crippen LogP contribution >= 0.6 is 0 Å². The van der Waals surface area contributed by atoms with E-state index in [0.29, 0.717) is 0 Å². The van der Waals surface area contributed by atoms with Crippen LogP contribution in [0, 0.1) is 0 Å². The molecule has 10 rings (SSSR count). The Balaban J connectivity index is 0.000000178. The third-order valence-corrected chi connectivity index (χ3v) is 14.2. The quantitative estimate of drug-likeness (QED) is 0.0939. The van der Waals surface area contributed by atoms with E-state index in [4.69, 9.17) is 9.47 Å². The van der Waals surface area contributed by atoms with Crippen molar-refractivity contribution in [1.29, 1.82) is 0 Å². The second-order valence-corrected chi connectivity index (χ2v) is 19.1. The predicted octanol–water partition coefficient (Wildman–Crippen LogP) is 5.63. The van der Waals surface area contributed by atoms with Crippen molar-refractivity contribution in [3.8, 4) is 0 Å². The molecule has 2 atom stereocenters. The summed E-state index contributed by atoms with van der Waals surface area (Å²) in [6.07, 6.45) is 11.0. The monoisotopic (exact) mass is 975 g/mol. The number of ether oxygens (including phenoxy) is 2. The van der Waals surface area contributed by atoms with Gasteiger partial charge in [-0.25, -0.2) is 9.36 Å². The molecule has 4 aliphatic heterocycles. The second kappa shape index (κ2) is 27.9. The maximum absolute atomic E-state index is 5.48. The van der Waals surface area contributed by atoms with Gasteiger partial charge in [0.05, 0.1) is 38.5 Å². The van der Waals surface area contributed by atoms with Crippen LogP contribution in [-0.4, -0.2) is 201 Å². The molecular weight excluding hydrogens is 901 g/mol. The Morgan fingerprint density at radius 1 is 0.403 bits per heavy atom. The second-order valence-electron chi connectivity index (χ2n) is 19.1. The summed E-state index contributed by atoms with van der Waals surface area (Å²) in [6, 6.07) is 42.5. The van der Waals surface area contributed by atoms with E-state index in [2.05, 4.69) is 206 Å². The molecule has 6 aromatic rings. The molecule has 0 saturated carbocycles. The summed E-state index contributed by atoms with van der Waals surface area (Å²) >= 11 is 0. The van der Waals surface area contributed by atoms with Gasteiger partial charge in [0.1, 0.15) is 0 Å². The smallest absolute Gasteiger partial charge is 0.173 e. The predicted molar refractivity (Wildman–Crippen MR) is 283 cm³/mol. The third-order valence-electron chi connectivity index (χ3n) is 14.2. The lowest BCUT2D eigenvalue weighted by Gasteiger charge is -2.38. The van der Waals surface area contributed by atoms with Crippen LogP contribution in [0.1, 0.15) is 58.8 Å². The first-order valence-electron chi connectivity index (χ1n) is 26.3. The largest absolute Gasteiger partial charge is 0.379 e. The summed E-state index contributed by atoms with van der Waals surface area (Å²) in [5, 5.41) is 26.0. The summed E-state index contributed by atoms with van der Waals surface area (Å²) in [4.78, 5) is 15.0. The number of morpholine rings is 2. The topological polar surface area (TPSA) is 125 Å². The molecule has 6 heterocycles. The molecule has 16 heteroatoms. The van der Waals surface area contributed by atoms with Crippen LogP contribution in [0.25, 0.3) is 12.2 Å². The van der Waals surface area contributed by atoms with Crippen molar-refractivity contribution >= 4 is 12.2 Å². The van der Waals surface area contributed by atoms with Gasteiger partial charge in [0, 0.05) is 118 Å². The fourth-order valence-corrected chi connectivity index (χ4v) is 10.2. The Bertz CT molecular complexity index is 2290. The highest BCUT2D eigenvalue weighted by Gasteiger charge is 2.32. The van der Waals surface area contributed by atoms with Crippen molar-refractivity contribution in [3.63, 3.8) is 0 Å². The average Bonchev–Trinajstić information content (AvgIpc) is 4.11. The summed E-state index contributed by atoms with van der Waals surface area (Å²) in [5.74, 6) is 1.89. The first-order chi connectivity index (χ1) is 35.7. The van der Waals surface area contributed by atoms with E-state index in [1.807, 2.05) is 9.36 Å². The standard InChI is InChI=1S/2C28H37N7O/c2*1-3-9-25(10-4-1)11-7-14-32-17-19-34(20-18-32)27(26-12-5-2-6-13-26)28-29-30-31-35(28)16-8-15-33-21-23-36-24-22-33/h2*1-7,9-13,27H,8,14-24H2/b2*11-7+/t2*27-/m10/s1. The maximum atomic E-state index is 5.48. The highest BCUT2D eigenvalue weighted by atomic mass is 16.5. The minimum atomic E-state index is 0.0617. The lowest BCUT2D eigenvalue weighted by molar-refractivity contribution is 0.0366. The molecule has 4 fully saturated rings. The summed E-state index contributed by atoms with van der Waals surface area (Å²) < 4.78 is 15.0. The van der Waals surface area contributed by atoms with Crippen LogP contribution in [0.3, 0.4) is 0 Å². The van der Waals surface area contributed by atoms with Crippen LogP contribution in [0.2, 0.25) is 0 Å². The van der Waals surface area contributed by atoms with Gasteiger partial charge in [-0.05, 0) is 55.9 Å². The summed E-state index contributed by atoms with van der Waals surface area (Å²) in [7, 11) is 0. The van der Waals surface area contributed by atoms with E-state index in [-0.39, 0.29) is 12.1 Å². The molecule has 0 spiro atoms. The number of benzene rings is 4. The van der Waals surface area contributed by atoms with Gasteiger partial charge in [0.15, 0.2) is 11.6 Å². The van der Waals surface area contributed by atoms with Crippen LogP contribution in [-0.2, 0) is 22.6 Å². The zero-order chi connectivity index (χ0) is 48.8. The molecule has 0 amide bonds. The number of aromatic nitrogens is 8. The van der Waals surface area contributed by atoms with Crippen LogP contribution in [0.15, 0.2) is 133 Å². The third kappa shape index (κ3) is 15.1. The van der Waals surface area contributed by atoms with Gasteiger partial charge in [-0.2, -0.15) is 0 Å². The molecule has 4 saturated heterocycles. The minimum Gasteiger partial charge on any atom is -0.379 e. The zero-order valence-corrected chi connectivity index (χ0v) is 42.1. The molecule has 0 unspecified atom stereocenters. The Morgan fingerprint density at radius 2 is 0.764 bits per heavy atom. The highest BCUT2D eigenvalue weighted by molar-refractivity contribution is 5.49. The van der Waals surface area contributed by atoms with Gasteiger partial charge >= 0.3 is 0 Å². The number of hydrogen-bond acceptors (Lipinski definition) is 14. The van der Waals surface area contributed by atoms with Crippen LogP contribution < -0.4 is 0 Å². The van der Waals surface area contributed by atoms with Crippen molar-refractivity contribution < 1.29 is 9.47 Å². The fraction of sp³-hybridized carbons (Fsp3) is 0.464. The van der Waals surface area contributed by atoms with Crippen molar-refractivity contribution in [2.24, 2.45) is 0 Å². The van der Waals surface area contributed by atoms with Gasteiger partial charge in [-0.15, -0.1) is 10.2 Å². The van der Waals surface area contributed by atoms with E-state index < -0.39 is 0 Å². The molecule has 0 N–H and O–H groups in total. The number of nitrogens with zero attached hydrogens (tertiary/aromatic N) is 14. The van der Waals surface area contributed by atoms with E-state index in [1.54, 1.807) is 0 Å². The van der Waals surface area contributed by atoms with Gasteiger partial charge < -0.3 is 9.47 Å².